The highest BCUT2D eigenvalue weighted by Crippen LogP contribution is 2.20. The molecule has 5 nitrogen and oxygen atoms in total. The van der Waals surface area contributed by atoms with E-state index in [9.17, 15) is 9.59 Å². The van der Waals surface area contributed by atoms with Crippen LogP contribution in [0.25, 0.3) is 0 Å². The number of anilines is 2. The molecule has 5 heteroatoms. The lowest BCUT2D eigenvalue weighted by Crippen LogP contribution is -2.19. The lowest BCUT2D eigenvalue weighted by molar-refractivity contribution is -0.116. The summed E-state index contributed by atoms with van der Waals surface area (Å²) < 4.78 is 5.15. The van der Waals surface area contributed by atoms with Crippen LogP contribution in [-0.4, -0.2) is 18.9 Å². The van der Waals surface area contributed by atoms with Gasteiger partial charge in [0.15, 0.2) is 0 Å². The first-order valence-electron chi connectivity index (χ1n) is 7.84. The summed E-state index contributed by atoms with van der Waals surface area (Å²) in [5, 5.41) is 5.62. The molecule has 0 radical (unpaired) electrons. The number of methoxy groups -OCH3 is 1. The summed E-state index contributed by atoms with van der Waals surface area (Å²) in [7, 11) is 1.57. The SMILES string of the molecule is COc1cccc(NC(=O)c2ccccc2NC(=O)CC(C)C)c1. The Labute approximate surface area is 142 Å². The summed E-state index contributed by atoms with van der Waals surface area (Å²) in [6, 6.07) is 14.1. The fourth-order valence-corrected chi connectivity index (χ4v) is 2.26. The maximum absolute atomic E-state index is 12.5. The second kappa shape index (κ2) is 8.15. The second-order valence-corrected chi connectivity index (χ2v) is 5.88. The molecule has 0 aromatic heterocycles. The fourth-order valence-electron chi connectivity index (χ4n) is 2.26. The number of ether oxygens (including phenoxy) is 1. The van der Waals surface area contributed by atoms with Gasteiger partial charge in [-0.2, -0.15) is 0 Å². The highest BCUT2D eigenvalue weighted by molar-refractivity contribution is 6.10. The van der Waals surface area contributed by atoms with Gasteiger partial charge in [0.1, 0.15) is 5.75 Å². The van der Waals surface area contributed by atoms with E-state index < -0.39 is 0 Å². The van der Waals surface area contributed by atoms with E-state index in [1.807, 2.05) is 13.8 Å². The molecular weight excluding hydrogens is 304 g/mol. The van der Waals surface area contributed by atoms with Gasteiger partial charge in [0.25, 0.3) is 5.91 Å². The van der Waals surface area contributed by atoms with Crippen molar-refractivity contribution in [3.8, 4) is 5.75 Å². The molecule has 2 aromatic rings. The predicted molar refractivity (Wildman–Crippen MR) is 95.5 cm³/mol. The normalized spacial score (nSPS) is 10.3. The Morgan fingerprint density at radius 2 is 1.79 bits per heavy atom. The van der Waals surface area contributed by atoms with E-state index in [-0.39, 0.29) is 17.7 Å². The van der Waals surface area contributed by atoms with Crippen molar-refractivity contribution in [2.75, 3.05) is 17.7 Å². The van der Waals surface area contributed by atoms with Crippen LogP contribution in [0.3, 0.4) is 0 Å². The average Bonchev–Trinajstić information content (AvgIpc) is 2.54. The summed E-state index contributed by atoms with van der Waals surface area (Å²) in [5.74, 6) is 0.518. The van der Waals surface area contributed by atoms with Gasteiger partial charge >= 0.3 is 0 Å². The molecule has 0 heterocycles. The van der Waals surface area contributed by atoms with E-state index >= 15 is 0 Å². The molecule has 0 saturated carbocycles. The zero-order valence-corrected chi connectivity index (χ0v) is 14.1. The Morgan fingerprint density at radius 1 is 1.04 bits per heavy atom. The Bertz CT molecular complexity index is 726. The van der Waals surface area contributed by atoms with Crippen LogP contribution in [0.15, 0.2) is 48.5 Å². The van der Waals surface area contributed by atoms with Crippen molar-refractivity contribution in [3.63, 3.8) is 0 Å². The highest BCUT2D eigenvalue weighted by atomic mass is 16.5. The number of hydrogen-bond acceptors (Lipinski definition) is 3. The van der Waals surface area contributed by atoms with E-state index in [0.717, 1.165) is 0 Å². The van der Waals surface area contributed by atoms with Crippen LogP contribution < -0.4 is 15.4 Å². The standard InChI is InChI=1S/C19H22N2O3/c1-13(2)11-18(22)21-17-10-5-4-9-16(17)19(23)20-14-7-6-8-15(12-14)24-3/h4-10,12-13H,11H2,1-3H3,(H,20,23)(H,21,22). The van der Waals surface area contributed by atoms with Gasteiger partial charge in [0.05, 0.1) is 18.4 Å². The number of nitrogens with one attached hydrogen (secondary N) is 2. The summed E-state index contributed by atoms with van der Waals surface area (Å²) >= 11 is 0. The van der Waals surface area contributed by atoms with Crippen molar-refractivity contribution in [2.45, 2.75) is 20.3 Å². The van der Waals surface area contributed by atoms with Crippen molar-refractivity contribution in [3.05, 3.63) is 54.1 Å². The van der Waals surface area contributed by atoms with Crippen LogP contribution in [0, 0.1) is 5.92 Å². The van der Waals surface area contributed by atoms with Crippen LogP contribution in [0.5, 0.6) is 5.75 Å². The molecule has 0 bridgehead atoms. The molecule has 0 saturated heterocycles. The highest BCUT2D eigenvalue weighted by Gasteiger charge is 2.14. The number of rotatable bonds is 6. The van der Waals surface area contributed by atoms with Gasteiger partial charge in [-0.05, 0) is 30.2 Å². The quantitative estimate of drug-likeness (QED) is 0.845. The second-order valence-electron chi connectivity index (χ2n) is 5.88. The fraction of sp³-hybridized carbons (Fsp3) is 0.263. The summed E-state index contributed by atoms with van der Waals surface area (Å²) in [4.78, 5) is 24.5. The van der Waals surface area contributed by atoms with Gasteiger partial charge in [-0.3, -0.25) is 9.59 Å². The number of hydrogen-bond donors (Lipinski definition) is 2. The molecule has 0 atom stereocenters. The van der Waals surface area contributed by atoms with Gasteiger partial charge < -0.3 is 15.4 Å². The number of carbonyl (C=O) groups excluding carboxylic acids is 2. The topological polar surface area (TPSA) is 67.4 Å². The minimum Gasteiger partial charge on any atom is -0.497 e. The van der Waals surface area contributed by atoms with Crippen molar-refractivity contribution in [1.82, 2.24) is 0 Å². The molecule has 0 fully saturated rings. The first-order chi connectivity index (χ1) is 11.5. The van der Waals surface area contributed by atoms with E-state index in [2.05, 4.69) is 10.6 Å². The van der Waals surface area contributed by atoms with Crippen LogP contribution in [0.2, 0.25) is 0 Å². The number of amides is 2. The largest absolute Gasteiger partial charge is 0.497 e. The van der Waals surface area contributed by atoms with E-state index in [4.69, 9.17) is 4.74 Å². The maximum atomic E-state index is 12.5. The van der Waals surface area contributed by atoms with Crippen molar-refractivity contribution < 1.29 is 14.3 Å². The lowest BCUT2D eigenvalue weighted by Gasteiger charge is -2.12. The molecule has 2 amide bonds. The van der Waals surface area contributed by atoms with Gasteiger partial charge in [-0.1, -0.05) is 32.0 Å². The third kappa shape index (κ3) is 4.84. The number of carbonyl (C=O) groups is 2. The zero-order chi connectivity index (χ0) is 17.5. The average molecular weight is 326 g/mol. The Balaban J connectivity index is 2.15. The molecule has 2 N–H and O–H groups in total. The van der Waals surface area contributed by atoms with Gasteiger partial charge in [0, 0.05) is 18.2 Å². The molecule has 126 valence electrons. The molecule has 2 rings (SSSR count). The lowest BCUT2D eigenvalue weighted by atomic mass is 10.1. The molecular formula is C19H22N2O3. The van der Waals surface area contributed by atoms with E-state index in [1.165, 1.54) is 0 Å². The molecule has 0 aliphatic rings. The van der Waals surface area contributed by atoms with Crippen LogP contribution in [0.1, 0.15) is 30.6 Å². The third-order valence-electron chi connectivity index (χ3n) is 3.37. The van der Waals surface area contributed by atoms with Crippen LogP contribution in [-0.2, 0) is 4.79 Å². The molecule has 0 aliphatic heterocycles. The summed E-state index contributed by atoms with van der Waals surface area (Å²) in [5.41, 5.74) is 1.55. The van der Waals surface area contributed by atoms with Crippen molar-refractivity contribution in [1.29, 1.82) is 0 Å². The monoisotopic (exact) mass is 326 g/mol. The van der Waals surface area contributed by atoms with E-state index in [1.54, 1.807) is 55.6 Å². The molecule has 0 spiro atoms. The molecule has 0 unspecified atom stereocenters. The van der Waals surface area contributed by atoms with Gasteiger partial charge in [-0.15, -0.1) is 0 Å². The van der Waals surface area contributed by atoms with Crippen LogP contribution in [0.4, 0.5) is 11.4 Å². The zero-order valence-electron chi connectivity index (χ0n) is 14.1. The first-order valence-corrected chi connectivity index (χ1v) is 7.84. The Hall–Kier alpha value is -2.82. The van der Waals surface area contributed by atoms with Gasteiger partial charge in [-0.25, -0.2) is 0 Å². The Kier molecular flexibility index (Phi) is 5.95. The number of para-hydroxylation sites is 1. The first kappa shape index (κ1) is 17.5. The minimum atomic E-state index is -0.288. The van der Waals surface area contributed by atoms with Crippen molar-refractivity contribution in [2.24, 2.45) is 5.92 Å². The molecule has 24 heavy (non-hydrogen) atoms. The maximum Gasteiger partial charge on any atom is 0.257 e. The Morgan fingerprint density at radius 3 is 2.50 bits per heavy atom. The molecule has 0 aliphatic carbocycles. The van der Waals surface area contributed by atoms with E-state index in [0.29, 0.717) is 29.1 Å². The molecule has 2 aromatic carbocycles. The van der Waals surface area contributed by atoms with Gasteiger partial charge in [0.2, 0.25) is 5.91 Å². The minimum absolute atomic E-state index is 0.105. The van der Waals surface area contributed by atoms with Crippen molar-refractivity contribution >= 4 is 23.2 Å². The third-order valence-corrected chi connectivity index (χ3v) is 3.37. The van der Waals surface area contributed by atoms with Crippen LogP contribution >= 0.6 is 0 Å². The smallest absolute Gasteiger partial charge is 0.257 e. The number of benzene rings is 2. The summed E-state index contributed by atoms with van der Waals surface area (Å²) in [6.45, 7) is 3.95. The predicted octanol–water partition coefficient (Wildman–Crippen LogP) is 3.93. The summed E-state index contributed by atoms with van der Waals surface area (Å²) in [6.07, 6.45) is 0.409.